The number of hydrogen-bond acceptors (Lipinski definition) is 1. The highest BCUT2D eigenvalue weighted by Gasteiger charge is 2.17. The molecule has 0 saturated heterocycles. The van der Waals surface area contributed by atoms with Crippen molar-refractivity contribution < 1.29 is 8.78 Å². The second-order valence-electron chi connectivity index (χ2n) is 7.16. The molecule has 1 aliphatic carbocycles. The zero-order chi connectivity index (χ0) is 19.1. The van der Waals surface area contributed by atoms with Crippen molar-refractivity contribution in [3.05, 3.63) is 65.9 Å². The van der Waals surface area contributed by atoms with Crippen molar-refractivity contribution in [1.82, 2.24) is 4.98 Å². The summed E-state index contributed by atoms with van der Waals surface area (Å²) in [6.45, 7) is 2.20. The summed E-state index contributed by atoms with van der Waals surface area (Å²) in [6.07, 6.45) is 13.5. The molecular weight excluding hydrogens is 340 g/mol. The molecule has 0 atom stereocenters. The molecule has 27 heavy (non-hydrogen) atoms. The van der Waals surface area contributed by atoms with Crippen molar-refractivity contribution in [2.45, 2.75) is 45.4 Å². The number of nitrogens with zero attached hydrogens (tertiary/aromatic N) is 1. The highest BCUT2D eigenvalue weighted by atomic mass is 19.2. The van der Waals surface area contributed by atoms with Gasteiger partial charge in [0.25, 0.3) is 0 Å². The van der Waals surface area contributed by atoms with E-state index >= 15 is 0 Å². The van der Waals surface area contributed by atoms with E-state index in [0.717, 1.165) is 30.5 Å². The molecule has 0 bridgehead atoms. The topological polar surface area (TPSA) is 12.9 Å². The average molecular weight is 365 g/mol. The Morgan fingerprint density at radius 3 is 2.56 bits per heavy atom. The fourth-order valence-corrected chi connectivity index (χ4v) is 3.39. The predicted octanol–water partition coefficient (Wildman–Crippen LogP) is 6.54. The minimum Gasteiger partial charge on any atom is -0.255 e. The van der Waals surface area contributed by atoms with Crippen LogP contribution in [0.3, 0.4) is 0 Å². The van der Waals surface area contributed by atoms with Crippen LogP contribution in [0, 0.1) is 35.3 Å². The van der Waals surface area contributed by atoms with Gasteiger partial charge in [0.05, 0.1) is 5.69 Å². The molecule has 0 aliphatic heterocycles. The van der Waals surface area contributed by atoms with Crippen LogP contribution in [0.15, 0.2) is 48.7 Å². The van der Waals surface area contributed by atoms with Crippen molar-refractivity contribution >= 4 is 0 Å². The number of allylic oxidation sites excluding steroid dienone is 2. The number of hydrogen-bond donors (Lipinski definition) is 0. The molecule has 1 heterocycles. The lowest BCUT2D eigenvalue weighted by Gasteiger charge is -2.23. The molecule has 3 heteroatoms. The minimum atomic E-state index is -0.863. The third kappa shape index (κ3) is 5.50. The Hall–Kier alpha value is -2.47. The van der Waals surface area contributed by atoms with Crippen LogP contribution >= 0.6 is 0 Å². The van der Waals surface area contributed by atoms with E-state index in [-0.39, 0.29) is 0 Å². The number of rotatable bonds is 4. The largest absolute Gasteiger partial charge is 0.255 e. The fraction of sp³-hybridized carbons (Fsp3) is 0.375. The van der Waals surface area contributed by atoms with Gasteiger partial charge in [-0.3, -0.25) is 4.98 Å². The first kappa shape index (κ1) is 19.3. The van der Waals surface area contributed by atoms with Gasteiger partial charge in [-0.2, -0.15) is 0 Å². The second-order valence-corrected chi connectivity index (χ2v) is 7.16. The second kappa shape index (κ2) is 9.46. The Morgan fingerprint density at radius 2 is 1.89 bits per heavy atom. The van der Waals surface area contributed by atoms with Crippen molar-refractivity contribution in [2.75, 3.05) is 0 Å². The molecule has 1 aromatic carbocycles. The molecule has 1 aliphatic rings. The lowest BCUT2D eigenvalue weighted by molar-refractivity contribution is 0.364. The number of benzene rings is 1. The monoisotopic (exact) mass is 365 g/mol. The zero-order valence-corrected chi connectivity index (χ0v) is 15.7. The quantitative estimate of drug-likeness (QED) is 0.443. The summed E-state index contributed by atoms with van der Waals surface area (Å²) in [6, 6.07) is 7.49. The first-order valence-corrected chi connectivity index (χ1v) is 9.75. The van der Waals surface area contributed by atoms with Crippen molar-refractivity contribution in [2.24, 2.45) is 11.8 Å². The van der Waals surface area contributed by atoms with Gasteiger partial charge in [-0.05, 0) is 68.4 Å². The van der Waals surface area contributed by atoms with Gasteiger partial charge in [0.15, 0.2) is 11.6 Å². The summed E-state index contributed by atoms with van der Waals surface area (Å²) in [5.41, 5.74) is 2.02. The van der Waals surface area contributed by atoms with Crippen LogP contribution in [0.2, 0.25) is 0 Å². The van der Waals surface area contributed by atoms with Crippen molar-refractivity contribution in [3.63, 3.8) is 0 Å². The van der Waals surface area contributed by atoms with Crippen LogP contribution in [0.25, 0.3) is 11.3 Å². The molecule has 2 aromatic rings. The molecule has 3 rings (SSSR count). The van der Waals surface area contributed by atoms with Gasteiger partial charge in [-0.15, -0.1) is 0 Å². The lowest BCUT2D eigenvalue weighted by atomic mass is 9.82. The van der Waals surface area contributed by atoms with Gasteiger partial charge < -0.3 is 0 Å². The van der Waals surface area contributed by atoms with E-state index in [1.165, 1.54) is 31.7 Å². The van der Waals surface area contributed by atoms with Gasteiger partial charge >= 0.3 is 0 Å². The molecule has 0 amide bonds. The Labute approximate surface area is 160 Å². The molecule has 0 N–H and O–H groups in total. The third-order valence-corrected chi connectivity index (χ3v) is 5.03. The Kier molecular flexibility index (Phi) is 6.76. The normalized spacial score (nSPS) is 19.7. The van der Waals surface area contributed by atoms with Gasteiger partial charge in [-0.1, -0.05) is 37.3 Å². The molecule has 140 valence electrons. The molecule has 1 nitrogen and oxygen atoms in total. The zero-order valence-electron chi connectivity index (χ0n) is 15.7. The SMILES string of the molecule is CCC/C=C/C1CCC(C#Cc2ccc(-c3ccc(F)c(F)c3)nc2)CC1. The third-order valence-electron chi connectivity index (χ3n) is 5.03. The van der Waals surface area contributed by atoms with E-state index in [1.807, 2.05) is 6.07 Å². The Bertz CT molecular complexity index is 835. The smallest absolute Gasteiger partial charge is 0.159 e. The van der Waals surface area contributed by atoms with Crippen LogP contribution in [0.4, 0.5) is 8.78 Å². The number of unbranched alkanes of at least 4 members (excludes halogenated alkanes) is 1. The highest BCUT2D eigenvalue weighted by Crippen LogP contribution is 2.29. The summed E-state index contributed by atoms with van der Waals surface area (Å²) in [5.74, 6) is 6.05. The highest BCUT2D eigenvalue weighted by molar-refractivity contribution is 5.59. The first-order chi connectivity index (χ1) is 13.2. The van der Waals surface area contributed by atoms with Gasteiger partial charge in [0.1, 0.15) is 0 Å². The lowest BCUT2D eigenvalue weighted by Crippen LogP contribution is -2.11. The first-order valence-electron chi connectivity index (χ1n) is 9.75. The summed E-state index contributed by atoms with van der Waals surface area (Å²) in [5, 5.41) is 0. The van der Waals surface area contributed by atoms with Crippen LogP contribution in [0.5, 0.6) is 0 Å². The van der Waals surface area contributed by atoms with E-state index < -0.39 is 11.6 Å². The van der Waals surface area contributed by atoms with Crippen molar-refractivity contribution in [3.8, 4) is 23.1 Å². The molecule has 0 radical (unpaired) electrons. The summed E-state index contributed by atoms with van der Waals surface area (Å²) in [4.78, 5) is 4.34. The Morgan fingerprint density at radius 1 is 1.07 bits per heavy atom. The number of aromatic nitrogens is 1. The van der Waals surface area contributed by atoms with Crippen LogP contribution in [0.1, 0.15) is 51.0 Å². The van der Waals surface area contributed by atoms with Crippen molar-refractivity contribution in [1.29, 1.82) is 0 Å². The van der Waals surface area contributed by atoms with E-state index in [0.29, 0.717) is 23.1 Å². The Balaban J connectivity index is 1.57. The predicted molar refractivity (Wildman–Crippen MR) is 106 cm³/mol. The van der Waals surface area contributed by atoms with E-state index in [4.69, 9.17) is 0 Å². The summed E-state index contributed by atoms with van der Waals surface area (Å²) in [7, 11) is 0. The maximum atomic E-state index is 13.4. The maximum Gasteiger partial charge on any atom is 0.159 e. The average Bonchev–Trinajstić information content (AvgIpc) is 2.70. The van der Waals surface area contributed by atoms with E-state index in [1.54, 1.807) is 12.3 Å². The molecule has 1 aromatic heterocycles. The molecule has 1 fully saturated rings. The van der Waals surface area contributed by atoms with Gasteiger partial charge in [0.2, 0.25) is 0 Å². The van der Waals surface area contributed by atoms with E-state index in [9.17, 15) is 8.78 Å². The molecule has 1 saturated carbocycles. The minimum absolute atomic E-state index is 0.451. The van der Waals surface area contributed by atoms with Gasteiger partial charge in [-0.25, -0.2) is 8.78 Å². The number of pyridine rings is 1. The maximum absolute atomic E-state index is 13.4. The molecular formula is C24H25F2N. The molecule has 0 unspecified atom stereocenters. The fourth-order valence-electron chi connectivity index (χ4n) is 3.39. The molecule has 0 spiro atoms. The van der Waals surface area contributed by atoms with Crippen LogP contribution in [-0.2, 0) is 0 Å². The standard InChI is InChI=1S/C24H25F2N/c1-2-3-4-5-18-6-8-19(9-7-18)10-11-20-12-15-24(27-17-20)21-13-14-22(25)23(26)16-21/h4-5,12-19H,2-3,6-9H2,1H3/b5-4+. The van der Waals surface area contributed by atoms with Crippen LogP contribution in [-0.4, -0.2) is 4.98 Å². The van der Waals surface area contributed by atoms with Crippen LogP contribution < -0.4 is 0 Å². The summed E-state index contributed by atoms with van der Waals surface area (Å²) < 4.78 is 26.4. The van der Waals surface area contributed by atoms with E-state index in [2.05, 4.69) is 35.9 Å². The van der Waals surface area contributed by atoms with Gasteiger partial charge in [0, 0.05) is 23.2 Å². The summed E-state index contributed by atoms with van der Waals surface area (Å²) >= 11 is 0. The number of halogens is 2.